The average molecular weight is 261 g/mol. The van der Waals surface area contributed by atoms with E-state index in [9.17, 15) is 0 Å². The number of nitrogens with one attached hydrogen (secondary N) is 1. The fourth-order valence-electron chi connectivity index (χ4n) is 2.54. The Morgan fingerprint density at radius 1 is 1.05 bits per heavy atom. The van der Waals surface area contributed by atoms with Gasteiger partial charge >= 0.3 is 0 Å². The molecule has 19 heavy (non-hydrogen) atoms. The number of aryl methyl sites for hydroxylation is 2. The number of benzene rings is 1. The third-order valence-electron chi connectivity index (χ3n) is 3.51. The maximum absolute atomic E-state index is 3.21. The highest BCUT2D eigenvalue weighted by Crippen LogP contribution is 2.24. The lowest BCUT2D eigenvalue weighted by molar-refractivity contribution is 0.410. The lowest BCUT2D eigenvalue weighted by Crippen LogP contribution is -2.11. The van der Waals surface area contributed by atoms with E-state index in [-0.39, 0.29) is 0 Å². The summed E-state index contributed by atoms with van der Waals surface area (Å²) < 4.78 is 0. The lowest BCUT2D eigenvalue weighted by atomic mass is 9.85. The fourth-order valence-corrected chi connectivity index (χ4v) is 2.54. The zero-order valence-electron chi connectivity index (χ0n) is 13.5. The summed E-state index contributed by atoms with van der Waals surface area (Å²) in [5.41, 5.74) is 4.96. The molecular weight excluding hydrogens is 230 g/mol. The van der Waals surface area contributed by atoms with Crippen LogP contribution in [-0.2, 0) is 19.3 Å². The van der Waals surface area contributed by atoms with Gasteiger partial charge in [0.15, 0.2) is 0 Å². The van der Waals surface area contributed by atoms with Crippen molar-refractivity contribution >= 4 is 0 Å². The van der Waals surface area contributed by atoms with Gasteiger partial charge in [0.1, 0.15) is 0 Å². The molecule has 0 spiro atoms. The van der Waals surface area contributed by atoms with Gasteiger partial charge in [0.2, 0.25) is 0 Å². The Morgan fingerprint density at radius 2 is 1.79 bits per heavy atom. The molecule has 0 radical (unpaired) electrons. The molecule has 0 saturated heterocycles. The molecule has 0 aliphatic heterocycles. The highest BCUT2D eigenvalue weighted by atomic mass is 14.8. The summed E-state index contributed by atoms with van der Waals surface area (Å²) in [6, 6.07) is 7.12. The minimum absolute atomic E-state index is 0.373. The molecule has 108 valence electrons. The summed E-state index contributed by atoms with van der Waals surface area (Å²) in [5.74, 6) is 0. The van der Waals surface area contributed by atoms with Gasteiger partial charge in [0, 0.05) is 0 Å². The van der Waals surface area contributed by atoms with E-state index in [0.717, 1.165) is 13.0 Å². The molecule has 0 unspecified atom stereocenters. The van der Waals surface area contributed by atoms with Crippen LogP contribution in [0.5, 0.6) is 0 Å². The summed E-state index contributed by atoms with van der Waals surface area (Å²) in [6.07, 6.45) is 6.08. The lowest BCUT2D eigenvalue weighted by Gasteiger charge is -2.20. The molecule has 1 aromatic rings. The van der Waals surface area contributed by atoms with Crippen LogP contribution in [0.15, 0.2) is 18.2 Å². The van der Waals surface area contributed by atoms with Gasteiger partial charge in [-0.05, 0) is 67.8 Å². The van der Waals surface area contributed by atoms with Gasteiger partial charge in [-0.2, -0.15) is 0 Å². The van der Waals surface area contributed by atoms with E-state index in [2.05, 4.69) is 51.2 Å². The second-order valence-corrected chi connectivity index (χ2v) is 6.75. The Kier molecular flexibility index (Phi) is 6.57. The standard InChI is InChI=1S/C18H31N/c1-6-16-13-15(9-7-8-12-19-5)10-11-17(16)14-18(2,3)4/h10-11,13,19H,6-9,12,14H2,1-5H3. The Labute approximate surface area is 119 Å². The van der Waals surface area contributed by atoms with Crippen LogP contribution >= 0.6 is 0 Å². The zero-order valence-corrected chi connectivity index (χ0v) is 13.5. The second kappa shape index (κ2) is 7.69. The van der Waals surface area contributed by atoms with Crippen LogP contribution in [0, 0.1) is 5.41 Å². The Balaban J connectivity index is 2.67. The maximum Gasteiger partial charge on any atom is -0.00518 e. The third kappa shape index (κ3) is 6.24. The molecule has 1 N–H and O–H groups in total. The van der Waals surface area contributed by atoms with Crippen molar-refractivity contribution in [3.8, 4) is 0 Å². The van der Waals surface area contributed by atoms with Crippen molar-refractivity contribution in [2.75, 3.05) is 13.6 Å². The molecule has 1 heteroatoms. The minimum atomic E-state index is 0.373. The van der Waals surface area contributed by atoms with Crippen LogP contribution < -0.4 is 5.32 Å². The smallest absolute Gasteiger partial charge is 0.00518 e. The monoisotopic (exact) mass is 261 g/mol. The van der Waals surface area contributed by atoms with E-state index in [4.69, 9.17) is 0 Å². The molecule has 0 aromatic heterocycles. The first-order valence-corrected chi connectivity index (χ1v) is 7.71. The van der Waals surface area contributed by atoms with E-state index in [1.807, 2.05) is 7.05 Å². The SMILES string of the molecule is CCc1cc(CCCCNC)ccc1CC(C)(C)C. The molecule has 0 bridgehead atoms. The van der Waals surface area contributed by atoms with Crippen molar-refractivity contribution in [3.05, 3.63) is 34.9 Å². The van der Waals surface area contributed by atoms with Crippen molar-refractivity contribution in [2.45, 2.75) is 59.8 Å². The highest BCUT2D eigenvalue weighted by molar-refractivity contribution is 5.33. The van der Waals surface area contributed by atoms with E-state index >= 15 is 0 Å². The van der Waals surface area contributed by atoms with Crippen molar-refractivity contribution in [2.24, 2.45) is 5.41 Å². The molecule has 0 aliphatic carbocycles. The molecule has 0 heterocycles. The van der Waals surface area contributed by atoms with Gasteiger partial charge in [0.25, 0.3) is 0 Å². The number of hydrogen-bond acceptors (Lipinski definition) is 1. The van der Waals surface area contributed by atoms with E-state index in [0.29, 0.717) is 5.41 Å². The Morgan fingerprint density at radius 3 is 2.37 bits per heavy atom. The van der Waals surface area contributed by atoms with Gasteiger partial charge in [-0.15, -0.1) is 0 Å². The molecule has 0 aliphatic rings. The van der Waals surface area contributed by atoms with Crippen LogP contribution in [0.2, 0.25) is 0 Å². The van der Waals surface area contributed by atoms with Crippen molar-refractivity contribution in [3.63, 3.8) is 0 Å². The normalized spacial score (nSPS) is 11.8. The first-order valence-electron chi connectivity index (χ1n) is 7.71. The van der Waals surface area contributed by atoms with Crippen LogP contribution in [0.4, 0.5) is 0 Å². The summed E-state index contributed by atoms with van der Waals surface area (Å²) in [4.78, 5) is 0. The van der Waals surface area contributed by atoms with Crippen LogP contribution in [0.1, 0.15) is 57.2 Å². The van der Waals surface area contributed by atoms with Gasteiger partial charge in [-0.1, -0.05) is 45.9 Å². The molecule has 1 rings (SSSR count). The average Bonchev–Trinajstić information content (AvgIpc) is 2.34. The molecule has 0 saturated carbocycles. The molecular formula is C18H31N. The second-order valence-electron chi connectivity index (χ2n) is 6.75. The number of unbranched alkanes of at least 4 members (excludes halogenated alkanes) is 1. The maximum atomic E-state index is 3.21. The van der Waals surface area contributed by atoms with Gasteiger partial charge in [-0.3, -0.25) is 0 Å². The van der Waals surface area contributed by atoms with Crippen molar-refractivity contribution in [1.82, 2.24) is 5.32 Å². The number of rotatable bonds is 7. The Hall–Kier alpha value is -0.820. The zero-order chi connectivity index (χ0) is 14.3. The summed E-state index contributed by atoms with van der Waals surface area (Å²) in [6.45, 7) is 10.4. The van der Waals surface area contributed by atoms with E-state index in [1.54, 1.807) is 5.56 Å². The first kappa shape index (κ1) is 16.2. The van der Waals surface area contributed by atoms with Crippen molar-refractivity contribution in [1.29, 1.82) is 0 Å². The first-order chi connectivity index (χ1) is 8.96. The fraction of sp³-hybridized carbons (Fsp3) is 0.667. The van der Waals surface area contributed by atoms with Crippen LogP contribution in [0.3, 0.4) is 0 Å². The summed E-state index contributed by atoms with van der Waals surface area (Å²) >= 11 is 0. The predicted octanol–water partition coefficient (Wildman–Crippen LogP) is 4.38. The van der Waals surface area contributed by atoms with Gasteiger partial charge < -0.3 is 5.32 Å². The molecule has 0 amide bonds. The molecule has 1 nitrogen and oxygen atoms in total. The number of hydrogen-bond donors (Lipinski definition) is 1. The summed E-state index contributed by atoms with van der Waals surface area (Å²) in [5, 5.41) is 3.21. The van der Waals surface area contributed by atoms with E-state index < -0.39 is 0 Å². The minimum Gasteiger partial charge on any atom is -0.320 e. The molecule has 0 atom stereocenters. The van der Waals surface area contributed by atoms with Crippen LogP contribution in [-0.4, -0.2) is 13.6 Å². The highest BCUT2D eigenvalue weighted by Gasteiger charge is 2.13. The Bertz CT molecular complexity index is 374. The topological polar surface area (TPSA) is 12.0 Å². The van der Waals surface area contributed by atoms with Crippen LogP contribution in [0.25, 0.3) is 0 Å². The summed E-state index contributed by atoms with van der Waals surface area (Å²) in [7, 11) is 2.02. The molecule has 1 aromatic carbocycles. The third-order valence-corrected chi connectivity index (χ3v) is 3.51. The van der Waals surface area contributed by atoms with Crippen molar-refractivity contribution < 1.29 is 0 Å². The van der Waals surface area contributed by atoms with E-state index in [1.165, 1.54) is 36.8 Å². The predicted molar refractivity (Wildman–Crippen MR) is 85.8 cm³/mol. The largest absolute Gasteiger partial charge is 0.320 e. The molecule has 0 fully saturated rings. The quantitative estimate of drug-likeness (QED) is 0.718. The van der Waals surface area contributed by atoms with Gasteiger partial charge in [-0.25, -0.2) is 0 Å². The van der Waals surface area contributed by atoms with Gasteiger partial charge in [0.05, 0.1) is 0 Å².